The highest BCUT2D eigenvalue weighted by molar-refractivity contribution is 6.33. The SMILES string of the molecule is C=CC(=O)N1CC2(CCN(c3nc4c(c(-c5cc(O)ccc5Cl)c3C#N)CCN(C[C@@H]3CCCN3C)C4)C2)C1. The normalized spacial score (nSPS) is 22.5. The smallest absolute Gasteiger partial charge is 0.245 e. The fraction of sp³-hybridized carbons (Fsp3) is 0.500. The van der Waals surface area contributed by atoms with Gasteiger partial charge in [0, 0.05) is 73.4 Å². The van der Waals surface area contributed by atoms with Crippen LogP contribution in [0.25, 0.3) is 11.1 Å². The molecule has 2 aromatic rings. The van der Waals surface area contributed by atoms with E-state index >= 15 is 0 Å². The summed E-state index contributed by atoms with van der Waals surface area (Å²) in [6, 6.07) is 7.96. The first-order valence-corrected chi connectivity index (χ1v) is 14.2. The maximum atomic E-state index is 12.1. The third-order valence-electron chi connectivity index (χ3n) is 9.16. The van der Waals surface area contributed by atoms with Crippen molar-refractivity contribution in [3.05, 3.63) is 52.7 Å². The number of benzene rings is 1. The van der Waals surface area contributed by atoms with E-state index in [1.54, 1.807) is 18.2 Å². The third kappa shape index (κ3) is 4.67. The van der Waals surface area contributed by atoms with Crippen molar-refractivity contribution in [2.45, 2.75) is 38.3 Å². The molecule has 204 valence electrons. The number of carbonyl (C=O) groups is 1. The highest BCUT2D eigenvalue weighted by atomic mass is 35.5. The molecule has 1 amide bonds. The Morgan fingerprint density at radius 1 is 1.31 bits per heavy atom. The topological polar surface area (TPSA) is 86.9 Å². The standard InChI is InChI=1S/C30H35ClN6O2/c1-3-27(39)37-18-30(19-37)9-12-36(17-30)29-24(14-32)28(23-13-21(38)6-7-25(23)31)22-8-11-35(16-26(22)33-29)15-20-5-4-10-34(20)2/h3,6-7,13,20,38H,1,4-5,8-12,15-19H2,2H3/t20-/m0/s1. The molecule has 9 heteroatoms. The number of hydrogen-bond acceptors (Lipinski definition) is 7. The van der Waals surface area contributed by atoms with Crippen molar-refractivity contribution in [1.29, 1.82) is 5.26 Å². The third-order valence-corrected chi connectivity index (χ3v) is 9.49. The van der Waals surface area contributed by atoms with Gasteiger partial charge >= 0.3 is 0 Å². The number of amides is 1. The zero-order valence-electron chi connectivity index (χ0n) is 22.5. The molecule has 0 aliphatic carbocycles. The van der Waals surface area contributed by atoms with E-state index in [1.165, 1.54) is 18.9 Å². The van der Waals surface area contributed by atoms with Crippen molar-refractivity contribution in [1.82, 2.24) is 19.7 Å². The van der Waals surface area contributed by atoms with E-state index in [-0.39, 0.29) is 17.1 Å². The number of likely N-dealkylation sites (tertiary alicyclic amines) is 2. The highest BCUT2D eigenvalue weighted by Gasteiger charge is 2.49. The predicted molar refractivity (Wildman–Crippen MR) is 152 cm³/mol. The average molecular weight is 547 g/mol. The molecule has 1 N–H and O–H groups in total. The van der Waals surface area contributed by atoms with E-state index in [1.807, 2.05) is 4.90 Å². The van der Waals surface area contributed by atoms with Gasteiger partial charge < -0.3 is 19.8 Å². The van der Waals surface area contributed by atoms with Crippen LogP contribution in [0.1, 0.15) is 36.1 Å². The van der Waals surface area contributed by atoms with E-state index in [9.17, 15) is 15.2 Å². The maximum absolute atomic E-state index is 12.1. The van der Waals surface area contributed by atoms with Crippen molar-refractivity contribution in [3.8, 4) is 22.9 Å². The predicted octanol–water partition coefficient (Wildman–Crippen LogP) is 3.66. The van der Waals surface area contributed by atoms with Gasteiger partial charge in [0.2, 0.25) is 5.91 Å². The molecule has 3 fully saturated rings. The first-order chi connectivity index (χ1) is 18.8. The van der Waals surface area contributed by atoms with E-state index in [0.717, 1.165) is 68.9 Å². The zero-order valence-corrected chi connectivity index (χ0v) is 23.3. The number of phenols is 1. The first kappa shape index (κ1) is 26.1. The van der Waals surface area contributed by atoms with Crippen molar-refractivity contribution < 1.29 is 9.90 Å². The summed E-state index contributed by atoms with van der Waals surface area (Å²) in [6.07, 6.45) is 5.56. The lowest BCUT2D eigenvalue weighted by atomic mass is 9.79. The van der Waals surface area contributed by atoms with Crippen LogP contribution in [0.2, 0.25) is 5.02 Å². The minimum Gasteiger partial charge on any atom is -0.508 e. The molecule has 4 aliphatic heterocycles. The van der Waals surface area contributed by atoms with Gasteiger partial charge in [-0.25, -0.2) is 4.98 Å². The summed E-state index contributed by atoms with van der Waals surface area (Å²) in [7, 11) is 2.21. The molecule has 0 bridgehead atoms. The van der Waals surface area contributed by atoms with Crippen molar-refractivity contribution in [2.75, 3.05) is 57.8 Å². The Morgan fingerprint density at radius 3 is 2.85 bits per heavy atom. The number of hydrogen-bond donors (Lipinski definition) is 1. The lowest BCUT2D eigenvalue weighted by Gasteiger charge is -2.47. The Morgan fingerprint density at radius 2 is 2.13 bits per heavy atom. The second-order valence-electron chi connectivity index (χ2n) is 11.7. The van der Waals surface area contributed by atoms with Gasteiger partial charge in [-0.2, -0.15) is 5.26 Å². The molecule has 0 unspecified atom stereocenters. The molecule has 6 rings (SSSR count). The number of phenolic OH excluding ortho intramolecular Hbond substituents is 1. The largest absolute Gasteiger partial charge is 0.508 e. The van der Waals surface area contributed by atoms with Crippen LogP contribution < -0.4 is 4.90 Å². The molecule has 1 spiro atoms. The van der Waals surface area contributed by atoms with Crippen LogP contribution in [-0.2, 0) is 17.8 Å². The summed E-state index contributed by atoms with van der Waals surface area (Å²) in [5.74, 6) is 0.780. The minimum atomic E-state index is -0.0301. The number of carbonyl (C=O) groups excluding carboxylic acids is 1. The summed E-state index contributed by atoms with van der Waals surface area (Å²) >= 11 is 6.69. The maximum Gasteiger partial charge on any atom is 0.245 e. The number of nitriles is 1. The molecule has 0 saturated carbocycles. The van der Waals surface area contributed by atoms with Crippen LogP contribution >= 0.6 is 11.6 Å². The summed E-state index contributed by atoms with van der Waals surface area (Å²) in [5, 5.41) is 21.4. The molecule has 0 radical (unpaired) electrons. The summed E-state index contributed by atoms with van der Waals surface area (Å²) < 4.78 is 0. The van der Waals surface area contributed by atoms with Gasteiger partial charge in [0.15, 0.2) is 0 Å². The molecule has 4 aliphatic rings. The quantitative estimate of drug-likeness (QED) is 0.573. The number of rotatable bonds is 5. The van der Waals surface area contributed by atoms with Crippen LogP contribution in [0.5, 0.6) is 5.75 Å². The monoisotopic (exact) mass is 546 g/mol. The Balaban J connectivity index is 1.38. The second kappa shape index (κ2) is 10.1. The molecule has 1 aromatic heterocycles. The molecule has 5 heterocycles. The Kier molecular flexibility index (Phi) is 6.78. The van der Waals surface area contributed by atoms with Crippen LogP contribution in [-0.4, -0.2) is 89.6 Å². The number of aromatic hydroxyl groups is 1. The van der Waals surface area contributed by atoms with Gasteiger partial charge in [0.1, 0.15) is 23.2 Å². The second-order valence-corrected chi connectivity index (χ2v) is 12.1. The Labute approximate surface area is 235 Å². The Hall–Kier alpha value is -3.12. The van der Waals surface area contributed by atoms with Gasteiger partial charge in [0.05, 0.1) is 5.69 Å². The van der Waals surface area contributed by atoms with Crippen molar-refractivity contribution in [2.24, 2.45) is 5.41 Å². The number of aromatic nitrogens is 1. The van der Waals surface area contributed by atoms with Crippen molar-refractivity contribution in [3.63, 3.8) is 0 Å². The fourth-order valence-electron chi connectivity index (χ4n) is 7.04. The lowest BCUT2D eigenvalue weighted by Crippen LogP contribution is -2.59. The molecule has 8 nitrogen and oxygen atoms in total. The average Bonchev–Trinajstić information content (AvgIpc) is 3.54. The fourth-order valence-corrected chi connectivity index (χ4v) is 7.25. The highest BCUT2D eigenvalue weighted by Crippen LogP contribution is 2.45. The van der Waals surface area contributed by atoms with Crippen LogP contribution in [0.3, 0.4) is 0 Å². The van der Waals surface area contributed by atoms with Crippen molar-refractivity contribution >= 4 is 23.3 Å². The van der Waals surface area contributed by atoms with Gasteiger partial charge in [-0.3, -0.25) is 9.69 Å². The Bertz CT molecular complexity index is 1360. The number of nitrogens with zero attached hydrogens (tertiary/aromatic N) is 6. The van der Waals surface area contributed by atoms with Crippen LogP contribution in [0.4, 0.5) is 5.82 Å². The number of pyridine rings is 1. The minimum absolute atomic E-state index is 0.0187. The van der Waals surface area contributed by atoms with E-state index in [2.05, 4.69) is 34.4 Å². The lowest BCUT2D eigenvalue weighted by molar-refractivity contribution is -0.136. The number of anilines is 1. The number of halogens is 1. The van der Waals surface area contributed by atoms with Gasteiger partial charge in [0.25, 0.3) is 0 Å². The molecule has 1 atom stereocenters. The van der Waals surface area contributed by atoms with Gasteiger partial charge in [-0.15, -0.1) is 0 Å². The van der Waals surface area contributed by atoms with Gasteiger partial charge in [-0.05, 0) is 69.1 Å². The van der Waals surface area contributed by atoms with E-state index in [0.29, 0.717) is 41.1 Å². The van der Waals surface area contributed by atoms with Crippen LogP contribution in [0, 0.1) is 16.7 Å². The summed E-state index contributed by atoms with van der Waals surface area (Å²) in [5.41, 5.74) is 4.06. The van der Waals surface area contributed by atoms with Gasteiger partial charge in [-0.1, -0.05) is 18.2 Å². The van der Waals surface area contributed by atoms with Crippen LogP contribution in [0.15, 0.2) is 30.9 Å². The molecule has 3 saturated heterocycles. The zero-order chi connectivity index (χ0) is 27.3. The molecular weight excluding hydrogens is 512 g/mol. The summed E-state index contributed by atoms with van der Waals surface area (Å²) in [6.45, 7) is 10.3. The van der Waals surface area contributed by atoms with E-state index < -0.39 is 0 Å². The molecular formula is C30H35ClN6O2. The van der Waals surface area contributed by atoms with E-state index in [4.69, 9.17) is 16.6 Å². The summed E-state index contributed by atoms with van der Waals surface area (Å²) in [4.78, 5) is 26.3. The molecule has 1 aromatic carbocycles. The molecule has 39 heavy (non-hydrogen) atoms. The first-order valence-electron chi connectivity index (χ1n) is 13.8. The number of fused-ring (bicyclic) bond motifs is 1. The number of likely N-dealkylation sites (N-methyl/N-ethyl adjacent to an activating group) is 1.